The Morgan fingerprint density at radius 2 is 1.39 bits per heavy atom. The quantitative estimate of drug-likeness (QED) is 0.704. The number of benzene rings is 1. The lowest BCUT2D eigenvalue weighted by Crippen LogP contribution is -2.44. The summed E-state index contributed by atoms with van der Waals surface area (Å²) in [5, 5.41) is 0. The van der Waals surface area contributed by atoms with Crippen molar-refractivity contribution in [2.75, 3.05) is 0 Å². The first-order valence-electron chi connectivity index (χ1n) is 10.1. The number of Topliss-reactive ketones (excluding diaryl/α,β-unsaturated/α-hetero) is 3. The first-order valence-corrected chi connectivity index (χ1v) is 10.1. The molecular weight excluding hydrogens is 352 g/mol. The van der Waals surface area contributed by atoms with Gasteiger partial charge in [0.15, 0.2) is 5.78 Å². The van der Waals surface area contributed by atoms with Crippen LogP contribution in [0.1, 0.15) is 65.0 Å². The molecule has 0 saturated heterocycles. The molecule has 2 aliphatic carbocycles. The van der Waals surface area contributed by atoms with Gasteiger partial charge in [-0.1, -0.05) is 58.0 Å². The second kappa shape index (κ2) is 6.40. The second-order valence-electron chi connectivity index (χ2n) is 10.2. The molecule has 0 spiro atoms. The third-order valence-corrected chi connectivity index (χ3v) is 6.29. The highest BCUT2D eigenvalue weighted by Crippen LogP contribution is 2.54. The van der Waals surface area contributed by atoms with Crippen LogP contribution >= 0.6 is 0 Å². The fourth-order valence-electron chi connectivity index (χ4n) is 5.20. The molecule has 0 bridgehead atoms. The van der Waals surface area contributed by atoms with Crippen molar-refractivity contribution in [1.29, 1.82) is 0 Å². The van der Waals surface area contributed by atoms with Gasteiger partial charge in [-0.3, -0.25) is 14.4 Å². The molecule has 148 valence electrons. The van der Waals surface area contributed by atoms with E-state index in [1.165, 1.54) is 0 Å². The minimum Gasteiger partial charge on any atom is -0.489 e. The summed E-state index contributed by atoms with van der Waals surface area (Å²) in [6.45, 7) is 8.03. The van der Waals surface area contributed by atoms with Gasteiger partial charge in [-0.15, -0.1) is 0 Å². The maximum atomic E-state index is 13.1. The van der Waals surface area contributed by atoms with Gasteiger partial charge in [0, 0.05) is 37.2 Å². The zero-order valence-corrected chi connectivity index (χ0v) is 17.1. The van der Waals surface area contributed by atoms with Crippen molar-refractivity contribution < 1.29 is 19.1 Å². The predicted octanol–water partition coefficient (Wildman–Crippen LogP) is 4.59. The summed E-state index contributed by atoms with van der Waals surface area (Å²) < 4.78 is 6.33. The van der Waals surface area contributed by atoms with Gasteiger partial charge in [0.1, 0.15) is 23.4 Å². The van der Waals surface area contributed by atoms with Crippen molar-refractivity contribution in [3.63, 3.8) is 0 Å². The third-order valence-electron chi connectivity index (χ3n) is 6.29. The van der Waals surface area contributed by atoms with Crippen LogP contribution in [-0.2, 0) is 19.1 Å². The molecule has 1 heterocycles. The van der Waals surface area contributed by atoms with E-state index in [4.69, 9.17) is 4.74 Å². The van der Waals surface area contributed by atoms with Gasteiger partial charge in [-0.25, -0.2) is 0 Å². The van der Waals surface area contributed by atoms with E-state index in [1.54, 1.807) is 0 Å². The monoisotopic (exact) mass is 380 g/mol. The number of hydrogen-bond acceptors (Lipinski definition) is 4. The fourth-order valence-corrected chi connectivity index (χ4v) is 5.20. The molecule has 1 aromatic rings. The number of ketones is 3. The van der Waals surface area contributed by atoms with Crippen LogP contribution in [0.5, 0.6) is 0 Å². The van der Waals surface area contributed by atoms with E-state index in [9.17, 15) is 14.4 Å². The summed E-state index contributed by atoms with van der Waals surface area (Å²) in [4.78, 5) is 39.3. The zero-order chi connectivity index (χ0) is 20.3. The maximum absolute atomic E-state index is 13.1. The molecule has 4 nitrogen and oxygen atoms in total. The molecule has 28 heavy (non-hydrogen) atoms. The van der Waals surface area contributed by atoms with E-state index >= 15 is 0 Å². The van der Waals surface area contributed by atoms with E-state index in [1.807, 2.05) is 44.2 Å². The number of allylic oxidation sites excluding steroid dienone is 1. The topological polar surface area (TPSA) is 60.4 Å². The molecule has 1 saturated carbocycles. The largest absolute Gasteiger partial charge is 0.489 e. The summed E-state index contributed by atoms with van der Waals surface area (Å²) in [6.07, 6.45) is 1.36. The Morgan fingerprint density at radius 1 is 0.821 bits per heavy atom. The van der Waals surface area contributed by atoms with Crippen LogP contribution < -0.4 is 0 Å². The number of ether oxygens (including phenoxy) is 1. The highest BCUT2D eigenvalue weighted by Gasteiger charge is 2.54. The predicted molar refractivity (Wildman–Crippen MR) is 105 cm³/mol. The van der Waals surface area contributed by atoms with Gasteiger partial charge >= 0.3 is 0 Å². The molecule has 0 N–H and O–H groups in total. The number of hydrogen-bond donors (Lipinski definition) is 0. The molecular formula is C24H28O4. The van der Waals surface area contributed by atoms with Gasteiger partial charge < -0.3 is 4.74 Å². The van der Waals surface area contributed by atoms with Crippen LogP contribution in [0.2, 0.25) is 0 Å². The van der Waals surface area contributed by atoms with Crippen molar-refractivity contribution in [1.82, 2.24) is 0 Å². The number of carbonyl (C=O) groups excluding carboxylic acids is 3. The van der Waals surface area contributed by atoms with Crippen LogP contribution in [0, 0.1) is 22.7 Å². The molecule has 1 fully saturated rings. The van der Waals surface area contributed by atoms with Crippen LogP contribution in [-0.4, -0.2) is 17.3 Å². The van der Waals surface area contributed by atoms with Crippen LogP contribution in [0.3, 0.4) is 0 Å². The van der Waals surface area contributed by atoms with Gasteiger partial charge in [-0.05, 0) is 16.4 Å². The van der Waals surface area contributed by atoms with E-state index in [0.29, 0.717) is 37.0 Å². The van der Waals surface area contributed by atoms with Crippen molar-refractivity contribution >= 4 is 17.3 Å². The van der Waals surface area contributed by atoms with Gasteiger partial charge in [0.2, 0.25) is 0 Å². The van der Waals surface area contributed by atoms with Crippen molar-refractivity contribution in [3.8, 4) is 0 Å². The molecule has 0 aromatic heterocycles. The Balaban J connectivity index is 1.80. The average Bonchev–Trinajstić information content (AvgIpc) is 2.91. The third kappa shape index (κ3) is 3.23. The Morgan fingerprint density at radius 3 is 2.00 bits per heavy atom. The standard InChI is InChI=1S/C24H28O4/c1-23(2)10-15(25)19(16(26)11-23)21-20-17(27)12-24(3,4)13-18(20)28-22(21)14-8-6-5-7-9-14/h5-9,19,21-22H,10-13H2,1-4H3/t21-,22-/m1/s1. The SMILES string of the molecule is CC1(C)CC(=O)C([C@@H]2C3=C(CC(C)(C)CC3=O)O[C@@H]2c2ccccc2)C(=O)C1. The molecule has 4 rings (SSSR count). The maximum Gasteiger partial charge on any atom is 0.163 e. The molecule has 2 atom stereocenters. The molecule has 4 heteroatoms. The summed E-state index contributed by atoms with van der Waals surface area (Å²) in [5.41, 5.74) is 1.02. The molecule has 1 aromatic carbocycles. The van der Waals surface area contributed by atoms with Gasteiger partial charge in [-0.2, -0.15) is 0 Å². The van der Waals surface area contributed by atoms with Gasteiger partial charge in [0.05, 0.1) is 5.92 Å². The van der Waals surface area contributed by atoms with E-state index in [-0.39, 0.29) is 28.2 Å². The lowest BCUT2D eigenvalue weighted by molar-refractivity contribution is -0.142. The van der Waals surface area contributed by atoms with Crippen molar-refractivity contribution in [2.24, 2.45) is 22.7 Å². The lowest BCUT2D eigenvalue weighted by Gasteiger charge is -2.36. The van der Waals surface area contributed by atoms with Crippen LogP contribution in [0.15, 0.2) is 41.7 Å². The molecule has 0 amide bonds. The van der Waals surface area contributed by atoms with Gasteiger partial charge in [0.25, 0.3) is 0 Å². The first kappa shape index (κ1) is 19.1. The van der Waals surface area contributed by atoms with Crippen molar-refractivity contribution in [3.05, 3.63) is 47.2 Å². The van der Waals surface area contributed by atoms with E-state index < -0.39 is 17.9 Å². The number of carbonyl (C=O) groups is 3. The summed E-state index contributed by atoms with van der Waals surface area (Å²) in [7, 11) is 0. The molecule has 0 radical (unpaired) electrons. The summed E-state index contributed by atoms with van der Waals surface area (Å²) >= 11 is 0. The summed E-state index contributed by atoms with van der Waals surface area (Å²) in [5.74, 6) is -0.678. The second-order valence-corrected chi connectivity index (χ2v) is 10.2. The Bertz CT molecular complexity index is 855. The first-order chi connectivity index (χ1) is 13.1. The Labute approximate surface area is 166 Å². The van der Waals surface area contributed by atoms with E-state index in [2.05, 4.69) is 13.8 Å². The highest BCUT2D eigenvalue weighted by molar-refractivity contribution is 6.08. The molecule has 3 aliphatic rings. The minimum atomic E-state index is -0.782. The van der Waals surface area contributed by atoms with Crippen molar-refractivity contribution in [2.45, 2.75) is 59.5 Å². The Kier molecular flexibility index (Phi) is 4.36. The molecule has 1 aliphatic heterocycles. The fraction of sp³-hybridized carbons (Fsp3) is 0.542. The summed E-state index contributed by atoms with van der Waals surface area (Å²) in [6, 6.07) is 9.67. The minimum absolute atomic E-state index is 0.0279. The average molecular weight is 380 g/mol. The zero-order valence-electron chi connectivity index (χ0n) is 17.1. The highest BCUT2D eigenvalue weighted by atomic mass is 16.5. The normalized spacial score (nSPS) is 29.6. The molecule has 0 unspecified atom stereocenters. The smallest absolute Gasteiger partial charge is 0.163 e. The van der Waals surface area contributed by atoms with Crippen LogP contribution in [0.25, 0.3) is 0 Å². The van der Waals surface area contributed by atoms with E-state index in [0.717, 1.165) is 5.56 Å². The lowest BCUT2D eigenvalue weighted by atomic mass is 9.63. The van der Waals surface area contributed by atoms with Crippen LogP contribution in [0.4, 0.5) is 0 Å². The number of rotatable bonds is 2. The Hall–Kier alpha value is -2.23.